The molecule has 0 saturated carbocycles. The Morgan fingerprint density at radius 3 is 2.21 bits per heavy atom. The molecule has 2 aromatic heterocycles. The molecule has 7 rings (SSSR count). The van der Waals surface area contributed by atoms with E-state index in [1.165, 1.54) is 0 Å². The van der Waals surface area contributed by atoms with Crippen molar-refractivity contribution in [3.8, 4) is 29.0 Å². The van der Waals surface area contributed by atoms with E-state index in [0.29, 0.717) is 53.0 Å². The first kappa shape index (κ1) is 40.8. The summed E-state index contributed by atoms with van der Waals surface area (Å²) in [5.74, 6) is 1.31. The molecular formula is C43H57ClN4O6Si2. The van der Waals surface area contributed by atoms with Crippen LogP contribution in [0, 0.1) is 11.3 Å². The topological polar surface area (TPSA) is 100 Å². The molecule has 3 aliphatic heterocycles. The Morgan fingerprint density at radius 1 is 0.911 bits per heavy atom. The lowest BCUT2D eigenvalue weighted by Gasteiger charge is -2.39. The second kappa shape index (κ2) is 16.4. The Morgan fingerprint density at radius 2 is 1.57 bits per heavy atom. The Bertz CT molecular complexity index is 2020. The summed E-state index contributed by atoms with van der Waals surface area (Å²) in [6.07, 6.45) is 0.915. The van der Waals surface area contributed by atoms with E-state index in [0.717, 1.165) is 49.0 Å². The predicted molar refractivity (Wildman–Crippen MR) is 227 cm³/mol. The molecule has 2 aromatic carbocycles. The van der Waals surface area contributed by atoms with Gasteiger partial charge in [0.25, 0.3) is 0 Å². The Labute approximate surface area is 339 Å². The molecule has 3 fully saturated rings. The molecule has 0 amide bonds. The molecule has 0 N–H and O–H groups in total. The minimum Gasteiger partial charge on any atom is -0.490 e. The summed E-state index contributed by atoms with van der Waals surface area (Å²) in [5, 5.41) is 11.2. The van der Waals surface area contributed by atoms with Gasteiger partial charge in [0.15, 0.2) is 14.4 Å². The molecule has 0 bridgehead atoms. The minimum absolute atomic E-state index is 0.0585. The maximum atomic E-state index is 10.7. The van der Waals surface area contributed by atoms with Gasteiger partial charge in [-0.25, -0.2) is 4.98 Å². The van der Waals surface area contributed by atoms with Crippen molar-refractivity contribution in [3.63, 3.8) is 0 Å². The quantitative estimate of drug-likeness (QED) is 0.0965. The first-order valence-electron chi connectivity index (χ1n) is 20.0. The summed E-state index contributed by atoms with van der Waals surface area (Å²) >= 11 is 7.04. The van der Waals surface area contributed by atoms with E-state index in [1.807, 2.05) is 41.0 Å². The third kappa shape index (κ3) is 8.84. The van der Waals surface area contributed by atoms with Gasteiger partial charge in [-0.15, -0.1) is 0 Å². The number of hydrogen-bond donors (Lipinski definition) is 0. The molecule has 0 radical (unpaired) electrons. The number of fused-ring (bicyclic) bond motifs is 2. The lowest BCUT2D eigenvalue weighted by molar-refractivity contribution is 0.00849. The largest absolute Gasteiger partial charge is 0.490 e. The van der Waals surface area contributed by atoms with Gasteiger partial charge in [0, 0.05) is 51.9 Å². The number of halogens is 1. The molecule has 0 spiro atoms. The number of hydrogen-bond acceptors (Lipinski definition) is 9. The highest BCUT2D eigenvalue weighted by Crippen LogP contribution is 2.42. The summed E-state index contributed by atoms with van der Waals surface area (Å²) < 4.78 is 40.5. The molecule has 4 aromatic rings. The molecule has 0 aliphatic carbocycles. The van der Waals surface area contributed by atoms with Crippen LogP contribution in [0.2, 0.25) is 48.8 Å². The zero-order chi connectivity index (χ0) is 39.8. The average molecular weight is 818 g/mol. The number of aromatic nitrogens is 2. The number of nitrogens with zero attached hydrogens (tertiary/aromatic N) is 4. The molecule has 300 valence electrons. The highest BCUT2D eigenvalue weighted by atomic mass is 35.5. The molecule has 5 heterocycles. The smallest absolute Gasteiger partial charge is 0.217 e. The summed E-state index contributed by atoms with van der Waals surface area (Å²) in [6, 6.07) is 23.7. The van der Waals surface area contributed by atoms with Gasteiger partial charge in [-0.2, -0.15) is 5.26 Å². The van der Waals surface area contributed by atoms with Gasteiger partial charge in [0.2, 0.25) is 5.88 Å². The molecule has 56 heavy (non-hydrogen) atoms. The Kier molecular flexibility index (Phi) is 12.0. The highest BCUT2D eigenvalue weighted by molar-refractivity contribution is 6.76. The van der Waals surface area contributed by atoms with Crippen LogP contribution < -0.4 is 14.4 Å². The number of piperidine rings is 1. The molecule has 3 saturated heterocycles. The van der Waals surface area contributed by atoms with E-state index in [-0.39, 0.29) is 36.2 Å². The van der Waals surface area contributed by atoms with Gasteiger partial charge in [-0.05, 0) is 54.5 Å². The van der Waals surface area contributed by atoms with E-state index >= 15 is 0 Å². The summed E-state index contributed by atoms with van der Waals surface area (Å²) in [7, 11) is -3.39. The van der Waals surface area contributed by atoms with E-state index < -0.39 is 22.5 Å². The predicted octanol–water partition coefficient (Wildman–Crippen LogP) is 9.52. The standard InChI is InChI=1S/C43H57ClN4O6Si2/c1-43(2,3)56(7,8)54-37-27-51-40-36(26-50-41(37)40)53-42-33(25-45)39-35(48(42)28-49-22-23-55(4,5)6)24-34(44)38(46-39)29-14-16-30(17-15-29)47-20-18-32(19-21-47)52-31-12-10-9-11-13-31/h9-17,24,32,36-37,40-41H,18-23,26-28H2,1-8H3/t36-,37?,40-,41-/m1/s1. The van der Waals surface area contributed by atoms with Crippen LogP contribution in [0.1, 0.15) is 39.2 Å². The number of anilines is 1. The van der Waals surface area contributed by atoms with Crippen LogP contribution in [-0.4, -0.2) is 89.4 Å². The number of benzene rings is 2. The van der Waals surface area contributed by atoms with Crippen molar-refractivity contribution < 1.29 is 28.1 Å². The van der Waals surface area contributed by atoms with Crippen molar-refractivity contribution >= 4 is 44.7 Å². The minimum atomic E-state index is -2.06. The lowest BCUT2D eigenvalue weighted by atomic mass is 10.1. The van der Waals surface area contributed by atoms with Crippen LogP contribution in [0.15, 0.2) is 60.7 Å². The summed E-state index contributed by atoms with van der Waals surface area (Å²) in [4.78, 5) is 7.45. The van der Waals surface area contributed by atoms with Crippen molar-refractivity contribution in [3.05, 3.63) is 71.2 Å². The van der Waals surface area contributed by atoms with Crippen LogP contribution in [0.3, 0.4) is 0 Å². The fraction of sp³-hybridized carbons (Fsp3) is 0.535. The summed E-state index contributed by atoms with van der Waals surface area (Å²) in [5.41, 5.74) is 4.14. The van der Waals surface area contributed by atoms with E-state index in [9.17, 15) is 5.26 Å². The zero-order valence-electron chi connectivity index (χ0n) is 34.1. The zero-order valence-corrected chi connectivity index (χ0v) is 36.9. The van der Waals surface area contributed by atoms with E-state index in [2.05, 4.69) is 88.7 Å². The van der Waals surface area contributed by atoms with Crippen molar-refractivity contribution in [2.75, 3.05) is 37.8 Å². The molecule has 1 unspecified atom stereocenters. The second-order valence-corrected chi connectivity index (χ2v) is 28.9. The van der Waals surface area contributed by atoms with Crippen LogP contribution in [0.4, 0.5) is 5.69 Å². The molecule has 3 aliphatic rings. The van der Waals surface area contributed by atoms with Gasteiger partial charge in [-0.1, -0.05) is 82.3 Å². The maximum absolute atomic E-state index is 10.7. The first-order chi connectivity index (χ1) is 26.6. The Hall–Kier alpha value is -3.42. The van der Waals surface area contributed by atoms with Gasteiger partial charge in [0.05, 0.1) is 35.6 Å². The van der Waals surface area contributed by atoms with Crippen LogP contribution in [-0.2, 0) is 25.4 Å². The van der Waals surface area contributed by atoms with Gasteiger partial charge in [-0.3, -0.25) is 4.57 Å². The third-order valence-electron chi connectivity index (χ3n) is 11.7. The van der Waals surface area contributed by atoms with Crippen LogP contribution in [0.5, 0.6) is 11.6 Å². The first-order valence-corrected chi connectivity index (χ1v) is 27.0. The second-order valence-electron chi connectivity index (χ2n) is 18.1. The monoisotopic (exact) mass is 816 g/mol. The fourth-order valence-corrected chi connectivity index (χ4v) is 9.71. The van der Waals surface area contributed by atoms with Gasteiger partial charge in [0.1, 0.15) is 47.9 Å². The maximum Gasteiger partial charge on any atom is 0.217 e. The van der Waals surface area contributed by atoms with E-state index in [1.54, 1.807) is 0 Å². The molecule has 13 heteroatoms. The fourth-order valence-electron chi connectivity index (χ4n) is 7.39. The number of pyridine rings is 1. The third-order valence-corrected chi connectivity index (χ3v) is 18.2. The van der Waals surface area contributed by atoms with Gasteiger partial charge < -0.3 is 33.0 Å². The molecule has 4 atom stereocenters. The molecule has 10 nitrogen and oxygen atoms in total. The number of rotatable bonds is 13. The van der Waals surface area contributed by atoms with E-state index in [4.69, 9.17) is 44.7 Å². The van der Waals surface area contributed by atoms with Crippen molar-refractivity contribution in [1.29, 1.82) is 5.26 Å². The van der Waals surface area contributed by atoms with Crippen LogP contribution in [0.25, 0.3) is 22.3 Å². The number of nitriles is 1. The molecular weight excluding hydrogens is 760 g/mol. The average Bonchev–Trinajstić information content (AvgIpc) is 3.82. The van der Waals surface area contributed by atoms with Crippen molar-refractivity contribution in [1.82, 2.24) is 9.55 Å². The van der Waals surface area contributed by atoms with Gasteiger partial charge >= 0.3 is 0 Å². The van der Waals surface area contributed by atoms with Crippen molar-refractivity contribution in [2.45, 2.75) is 115 Å². The van der Waals surface area contributed by atoms with Crippen molar-refractivity contribution in [2.24, 2.45) is 0 Å². The SMILES string of the molecule is CC(C)(C)[Si](C)(C)OC1CO[C@H]2[C@@H]1OC[C@H]2Oc1c(C#N)c2nc(-c3ccc(N4CCC(Oc5ccccc5)CC4)cc3)c(Cl)cc2n1COCC[Si](C)(C)C. The highest BCUT2D eigenvalue weighted by Gasteiger charge is 2.52. The number of para-hydroxylation sites is 1. The Balaban J connectivity index is 1.12. The summed E-state index contributed by atoms with van der Waals surface area (Å²) in [6.45, 7) is 21.5. The number of ether oxygens (including phenoxy) is 5. The van der Waals surface area contributed by atoms with Crippen LogP contribution >= 0.6 is 11.6 Å². The normalized spacial score (nSPS) is 22.0. The lowest BCUT2D eigenvalue weighted by Crippen LogP contribution is -2.47.